The van der Waals surface area contributed by atoms with Crippen LogP contribution in [0.1, 0.15) is 37.3 Å². The molecule has 8 heteroatoms. The van der Waals surface area contributed by atoms with Gasteiger partial charge in [-0.2, -0.15) is 0 Å². The quantitative estimate of drug-likeness (QED) is 0.500. The second-order valence-electron chi connectivity index (χ2n) is 3.99. The summed E-state index contributed by atoms with van der Waals surface area (Å²) < 4.78 is 11.3. The molecule has 0 saturated heterocycles. The molecule has 1 rings (SSSR count). The van der Waals surface area contributed by atoms with Crippen LogP contribution in [0.4, 0.5) is 0 Å². The first-order valence-electron chi connectivity index (χ1n) is 6.38. The van der Waals surface area contributed by atoms with Crippen LogP contribution in [0.3, 0.4) is 0 Å². The summed E-state index contributed by atoms with van der Waals surface area (Å²) in [5.74, 6) is -0.624. The number of aliphatic hydroxyl groups excluding tert-OH is 1. The van der Waals surface area contributed by atoms with E-state index in [0.717, 1.165) is 12.8 Å². The average Bonchev–Trinajstić information content (AvgIpc) is 2.83. The Morgan fingerprint density at radius 3 is 2.95 bits per heavy atom. The number of tetrazole rings is 1. The number of hydrogen-bond donors (Lipinski definition) is 1. The van der Waals surface area contributed by atoms with E-state index in [9.17, 15) is 9.90 Å². The zero-order chi connectivity index (χ0) is 14.1. The maximum atomic E-state index is 11.5. The highest BCUT2D eigenvalue weighted by Crippen LogP contribution is 1.99. The van der Waals surface area contributed by atoms with E-state index in [4.69, 9.17) is 9.47 Å². The minimum Gasteiger partial charge on any atom is -0.460 e. The first kappa shape index (κ1) is 15.5. The SMILES string of the molecule is CCCCOCC(O)Cn1nnnc1C(=O)OCC. The lowest BCUT2D eigenvalue weighted by Crippen LogP contribution is -2.25. The maximum Gasteiger partial charge on any atom is 0.378 e. The van der Waals surface area contributed by atoms with Gasteiger partial charge in [-0.05, 0) is 23.8 Å². The van der Waals surface area contributed by atoms with Crippen molar-refractivity contribution in [2.24, 2.45) is 0 Å². The van der Waals surface area contributed by atoms with Gasteiger partial charge in [0.1, 0.15) is 0 Å². The topological polar surface area (TPSA) is 99.4 Å². The van der Waals surface area contributed by atoms with Crippen LogP contribution in [-0.4, -0.2) is 57.2 Å². The monoisotopic (exact) mass is 272 g/mol. The molecule has 0 aliphatic heterocycles. The summed E-state index contributed by atoms with van der Waals surface area (Å²) in [4.78, 5) is 11.5. The second kappa shape index (κ2) is 8.54. The van der Waals surface area contributed by atoms with Crippen LogP contribution < -0.4 is 0 Å². The second-order valence-corrected chi connectivity index (χ2v) is 3.99. The Morgan fingerprint density at radius 1 is 1.47 bits per heavy atom. The predicted octanol–water partition coefficient (Wildman–Crippen LogP) is 0.0274. The molecule has 0 aliphatic rings. The third-order valence-electron chi connectivity index (χ3n) is 2.33. The Labute approximate surface area is 111 Å². The minimum atomic E-state index is -0.770. The van der Waals surface area contributed by atoms with Crippen LogP contribution in [0.15, 0.2) is 0 Å². The van der Waals surface area contributed by atoms with Crippen molar-refractivity contribution in [2.75, 3.05) is 19.8 Å². The molecule has 108 valence electrons. The van der Waals surface area contributed by atoms with Crippen LogP contribution in [0, 0.1) is 0 Å². The standard InChI is InChI=1S/C11H20N4O4/c1-3-5-6-18-8-9(16)7-15-10(12-13-14-15)11(17)19-4-2/h9,16H,3-8H2,1-2H3. The third-order valence-corrected chi connectivity index (χ3v) is 2.33. The molecule has 1 heterocycles. The normalized spacial score (nSPS) is 12.4. The van der Waals surface area contributed by atoms with E-state index < -0.39 is 12.1 Å². The third kappa shape index (κ3) is 5.31. The molecule has 0 radical (unpaired) electrons. The first-order chi connectivity index (χ1) is 9.19. The van der Waals surface area contributed by atoms with Gasteiger partial charge in [-0.25, -0.2) is 9.48 Å². The predicted molar refractivity (Wildman–Crippen MR) is 65.5 cm³/mol. The van der Waals surface area contributed by atoms with Gasteiger partial charge in [-0.15, -0.1) is 5.10 Å². The minimum absolute atomic E-state index is 0.0190. The number of aliphatic hydroxyl groups is 1. The van der Waals surface area contributed by atoms with Gasteiger partial charge in [0.15, 0.2) is 0 Å². The molecule has 0 aromatic carbocycles. The van der Waals surface area contributed by atoms with Gasteiger partial charge in [0.25, 0.3) is 5.82 Å². The van der Waals surface area contributed by atoms with Crippen LogP contribution >= 0.6 is 0 Å². The van der Waals surface area contributed by atoms with Gasteiger partial charge in [0.05, 0.1) is 25.9 Å². The van der Waals surface area contributed by atoms with E-state index in [0.29, 0.717) is 6.61 Å². The summed E-state index contributed by atoms with van der Waals surface area (Å²) in [5.41, 5.74) is 0. The summed E-state index contributed by atoms with van der Waals surface area (Å²) in [6, 6.07) is 0. The van der Waals surface area contributed by atoms with Crippen molar-refractivity contribution in [2.45, 2.75) is 39.3 Å². The number of ether oxygens (including phenoxy) is 2. The number of hydrogen-bond acceptors (Lipinski definition) is 7. The molecule has 0 saturated carbocycles. The summed E-state index contributed by atoms with van der Waals surface area (Å²) in [6.07, 6.45) is 1.22. The van der Waals surface area contributed by atoms with Crippen molar-refractivity contribution in [1.82, 2.24) is 20.2 Å². The summed E-state index contributed by atoms with van der Waals surface area (Å²) in [6.45, 7) is 4.88. The van der Waals surface area contributed by atoms with Gasteiger partial charge in [0, 0.05) is 6.61 Å². The van der Waals surface area contributed by atoms with Crippen LogP contribution in [0.25, 0.3) is 0 Å². The van der Waals surface area contributed by atoms with Crippen molar-refractivity contribution in [3.63, 3.8) is 0 Å². The lowest BCUT2D eigenvalue weighted by Gasteiger charge is -2.11. The fourth-order valence-corrected chi connectivity index (χ4v) is 1.39. The molecular formula is C11H20N4O4. The van der Waals surface area contributed by atoms with E-state index in [1.807, 2.05) is 0 Å². The molecule has 1 atom stereocenters. The Balaban J connectivity index is 2.43. The van der Waals surface area contributed by atoms with Crippen LogP contribution in [0.5, 0.6) is 0 Å². The highest BCUT2D eigenvalue weighted by molar-refractivity contribution is 5.85. The fraction of sp³-hybridized carbons (Fsp3) is 0.818. The summed E-state index contributed by atoms with van der Waals surface area (Å²) in [5, 5.41) is 20.4. The van der Waals surface area contributed by atoms with Crippen LogP contribution in [0.2, 0.25) is 0 Å². The van der Waals surface area contributed by atoms with Gasteiger partial charge in [-0.1, -0.05) is 13.3 Å². The molecule has 0 amide bonds. The number of carbonyl (C=O) groups excluding carboxylic acids is 1. The van der Waals surface area contributed by atoms with Crippen molar-refractivity contribution in [3.8, 4) is 0 Å². The Bertz CT molecular complexity index is 383. The van der Waals surface area contributed by atoms with E-state index >= 15 is 0 Å². The van der Waals surface area contributed by atoms with E-state index in [1.54, 1.807) is 6.92 Å². The molecule has 1 aromatic heterocycles. The molecule has 1 N–H and O–H groups in total. The molecule has 19 heavy (non-hydrogen) atoms. The van der Waals surface area contributed by atoms with Crippen molar-refractivity contribution in [1.29, 1.82) is 0 Å². The Hall–Kier alpha value is -1.54. The highest BCUT2D eigenvalue weighted by Gasteiger charge is 2.18. The van der Waals surface area contributed by atoms with Crippen molar-refractivity contribution < 1.29 is 19.4 Å². The fourth-order valence-electron chi connectivity index (χ4n) is 1.39. The Morgan fingerprint density at radius 2 is 2.26 bits per heavy atom. The lowest BCUT2D eigenvalue weighted by atomic mass is 10.3. The molecule has 1 unspecified atom stereocenters. The molecule has 0 bridgehead atoms. The molecule has 0 fully saturated rings. The maximum absolute atomic E-state index is 11.5. The van der Waals surface area contributed by atoms with Crippen molar-refractivity contribution >= 4 is 5.97 Å². The van der Waals surface area contributed by atoms with E-state index in [-0.39, 0.29) is 25.6 Å². The number of unbranched alkanes of at least 4 members (excludes halogenated alkanes) is 1. The molecule has 0 aliphatic carbocycles. The van der Waals surface area contributed by atoms with E-state index in [1.165, 1.54) is 4.68 Å². The summed E-state index contributed by atoms with van der Waals surface area (Å²) >= 11 is 0. The zero-order valence-corrected chi connectivity index (χ0v) is 11.3. The largest absolute Gasteiger partial charge is 0.460 e. The number of nitrogens with zero attached hydrogens (tertiary/aromatic N) is 4. The molecule has 8 nitrogen and oxygen atoms in total. The Kier molecular flexibility index (Phi) is 6.98. The number of aromatic nitrogens is 4. The van der Waals surface area contributed by atoms with Gasteiger partial charge in [0.2, 0.25) is 0 Å². The zero-order valence-electron chi connectivity index (χ0n) is 11.3. The number of carbonyl (C=O) groups is 1. The number of rotatable bonds is 9. The van der Waals surface area contributed by atoms with Crippen molar-refractivity contribution in [3.05, 3.63) is 5.82 Å². The lowest BCUT2D eigenvalue weighted by molar-refractivity contribution is 0.0235. The van der Waals surface area contributed by atoms with E-state index in [2.05, 4.69) is 22.4 Å². The van der Waals surface area contributed by atoms with Gasteiger partial charge < -0.3 is 14.6 Å². The highest BCUT2D eigenvalue weighted by atomic mass is 16.5. The van der Waals surface area contributed by atoms with Crippen LogP contribution in [-0.2, 0) is 16.0 Å². The number of esters is 1. The molecule has 1 aromatic rings. The molecule has 0 spiro atoms. The smallest absolute Gasteiger partial charge is 0.378 e. The first-order valence-corrected chi connectivity index (χ1v) is 6.38. The summed E-state index contributed by atoms with van der Waals surface area (Å²) in [7, 11) is 0. The average molecular weight is 272 g/mol. The van der Waals surface area contributed by atoms with Gasteiger partial charge >= 0.3 is 5.97 Å². The van der Waals surface area contributed by atoms with Gasteiger partial charge in [-0.3, -0.25) is 0 Å². The molecular weight excluding hydrogens is 252 g/mol.